The fraction of sp³-hybridized carbons (Fsp3) is 0.533. The Labute approximate surface area is 131 Å². The molecule has 118 valence electrons. The fourth-order valence-corrected chi connectivity index (χ4v) is 1.80. The van der Waals surface area contributed by atoms with Crippen LogP contribution in [0.3, 0.4) is 0 Å². The molecule has 5 nitrogen and oxygen atoms in total. The second-order valence-corrected chi connectivity index (χ2v) is 6.15. The van der Waals surface area contributed by atoms with E-state index in [1.165, 1.54) is 0 Å². The van der Waals surface area contributed by atoms with Gasteiger partial charge in [-0.15, -0.1) is 0 Å². The van der Waals surface area contributed by atoms with Gasteiger partial charge >= 0.3 is 0 Å². The standard InChI is InChI=1S/C15H24N2O3S/c1-15(2,10-18)17(3)8-12(19)9-20-13-6-4-5-11(7-13)14(16)21/h4-7,12,18-19H,8-10H2,1-3H3,(H2,16,21). The van der Waals surface area contributed by atoms with Gasteiger partial charge in [0.15, 0.2) is 0 Å². The number of hydrogen-bond donors (Lipinski definition) is 3. The summed E-state index contributed by atoms with van der Waals surface area (Å²) in [7, 11) is 1.85. The molecule has 1 aromatic rings. The number of likely N-dealkylation sites (N-methyl/N-ethyl adjacent to an activating group) is 1. The van der Waals surface area contributed by atoms with Gasteiger partial charge in [0.1, 0.15) is 23.4 Å². The van der Waals surface area contributed by atoms with Gasteiger partial charge in [-0.1, -0.05) is 24.4 Å². The summed E-state index contributed by atoms with van der Waals surface area (Å²) in [5, 5.41) is 19.3. The number of hydrogen-bond acceptors (Lipinski definition) is 5. The zero-order valence-corrected chi connectivity index (χ0v) is 13.6. The SMILES string of the molecule is CN(CC(O)COc1cccc(C(N)=S)c1)C(C)(C)CO. The van der Waals surface area contributed by atoms with Crippen LogP contribution >= 0.6 is 12.2 Å². The van der Waals surface area contributed by atoms with E-state index < -0.39 is 6.10 Å². The molecule has 0 aliphatic rings. The lowest BCUT2D eigenvalue weighted by atomic mass is 10.0. The van der Waals surface area contributed by atoms with Crippen molar-refractivity contribution >= 4 is 17.2 Å². The summed E-state index contributed by atoms with van der Waals surface area (Å²) in [6.07, 6.45) is -0.658. The van der Waals surface area contributed by atoms with Crippen LogP contribution < -0.4 is 10.5 Å². The van der Waals surface area contributed by atoms with Crippen molar-refractivity contribution in [2.45, 2.75) is 25.5 Å². The molecule has 6 heteroatoms. The van der Waals surface area contributed by atoms with Crippen LogP contribution in [0, 0.1) is 0 Å². The Bertz CT molecular complexity index is 480. The predicted molar refractivity (Wildman–Crippen MR) is 87.6 cm³/mol. The summed E-state index contributed by atoms with van der Waals surface area (Å²) < 4.78 is 5.55. The Morgan fingerprint density at radius 3 is 2.71 bits per heavy atom. The molecule has 21 heavy (non-hydrogen) atoms. The molecule has 1 unspecified atom stereocenters. The van der Waals surface area contributed by atoms with E-state index in [1.807, 2.05) is 31.9 Å². The average molecular weight is 312 g/mol. The molecule has 0 radical (unpaired) electrons. The lowest BCUT2D eigenvalue weighted by molar-refractivity contribution is 0.0193. The maximum Gasteiger partial charge on any atom is 0.120 e. The first kappa shape index (κ1) is 17.8. The van der Waals surface area contributed by atoms with Gasteiger partial charge in [0, 0.05) is 17.6 Å². The zero-order valence-electron chi connectivity index (χ0n) is 12.7. The molecule has 0 aliphatic heterocycles. The van der Waals surface area contributed by atoms with Crippen molar-refractivity contribution in [1.82, 2.24) is 4.90 Å². The zero-order chi connectivity index (χ0) is 16.0. The summed E-state index contributed by atoms with van der Waals surface area (Å²) >= 11 is 4.91. The van der Waals surface area contributed by atoms with Gasteiger partial charge in [0.2, 0.25) is 0 Å². The second kappa shape index (κ2) is 7.70. The number of rotatable bonds is 8. The molecule has 0 spiro atoms. The third-order valence-electron chi connectivity index (χ3n) is 3.47. The van der Waals surface area contributed by atoms with Crippen molar-refractivity contribution in [1.29, 1.82) is 0 Å². The number of thiocarbonyl (C=S) groups is 1. The molecule has 0 heterocycles. The molecular weight excluding hydrogens is 288 g/mol. The Morgan fingerprint density at radius 2 is 2.14 bits per heavy atom. The summed E-state index contributed by atoms with van der Waals surface area (Å²) in [4.78, 5) is 2.21. The number of aliphatic hydroxyl groups is 2. The van der Waals surface area contributed by atoms with Crippen molar-refractivity contribution < 1.29 is 14.9 Å². The quantitative estimate of drug-likeness (QED) is 0.615. The van der Waals surface area contributed by atoms with Crippen LogP contribution in [-0.4, -0.2) is 58.6 Å². The van der Waals surface area contributed by atoms with Crippen molar-refractivity contribution in [3.63, 3.8) is 0 Å². The Hall–Kier alpha value is -1.21. The van der Waals surface area contributed by atoms with Gasteiger partial charge in [0.25, 0.3) is 0 Å². The van der Waals surface area contributed by atoms with Crippen LogP contribution in [0.15, 0.2) is 24.3 Å². The highest BCUT2D eigenvalue weighted by Gasteiger charge is 2.24. The van der Waals surface area contributed by atoms with Crippen LogP contribution in [-0.2, 0) is 0 Å². The maximum atomic E-state index is 10.0. The number of nitrogens with zero attached hydrogens (tertiary/aromatic N) is 1. The monoisotopic (exact) mass is 312 g/mol. The maximum absolute atomic E-state index is 10.0. The van der Waals surface area contributed by atoms with Crippen LogP contribution in [0.25, 0.3) is 0 Å². The van der Waals surface area contributed by atoms with E-state index in [2.05, 4.69) is 0 Å². The first-order valence-electron chi connectivity index (χ1n) is 6.79. The van der Waals surface area contributed by atoms with E-state index in [0.717, 1.165) is 5.56 Å². The highest BCUT2D eigenvalue weighted by atomic mass is 32.1. The minimum atomic E-state index is -0.658. The van der Waals surface area contributed by atoms with E-state index in [4.69, 9.17) is 22.7 Å². The van der Waals surface area contributed by atoms with E-state index in [0.29, 0.717) is 17.3 Å². The number of nitrogens with two attached hydrogens (primary N) is 1. The fourth-order valence-electron chi connectivity index (χ4n) is 1.67. The van der Waals surface area contributed by atoms with Gasteiger partial charge in [-0.3, -0.25) is 4.90 Å². The molecule has 0 bridgehead atoms. The van der Waals surface area contributed by atoms with Gasteiger partial charge in [-0.25, -0.2) is 0 Å². The number of benzene rings is 1. The minimum absolute atomic E-state index is 0.0209. The molecule has 0 aromatic heterocycles. The van der Waals surface area contributed by atoms with E-state index in [-0.39, 0.29) is 18.8 Å². The Morgan fingerprint density at radius 1 is 1.48 bits per heavy atom. The lowest BCUT2D eigenvalue weighted by Crippen LogP contribution is -2.48. The van der Waals surface area contributed by atoms with E-state index in [9.17, 15) is 10.2 Å². The Balaban J connectivity index is 2.51. The normalized spacial score (nSPS) is 13.2. The van der Waals surface area contributed by atoms with Gasteiger partial charge in [-0.2, -0.15) is 0 Å². The van der Waals surface area contributed by atoms with E-state index in [1.54, 1.807) is 18.2 Å². The molecule has 0 fully saturated rings. The van der Waals surface area contributed by atoms with Gasteiger partial charge < -0.3 is 20.7 Å². The minimum Gasteiger partial charge on any atom is -0.491 e. The van der Waals surface area contributed by atoms with Crippen molar-refractivity contribution in [3.05, 3.63) is 29.8 Å². The smallest absolute Gasteiger partial charge is 0.120 e. The highest BCUT2D eigenvalue weighted by molar-refractivity contribution is 7.80. The summed E-state index contributed by atoms with van der Waals surface area (Å²) in [6.45, 7) is 4.40. The van der Waals surface area contributed by atoms with Crippen LogP contribution in [0.5, 0.6) is 5.75 Å². The predicted octanol–water partition coefficient (Wildman–Crippen LogP) is 0.763. The van der Waals surface area contributed by atoms with Crippen molar-refractivity contribution in [2.75, 3.05) is 26.8 Å². The molecule has 0 amide bonds. The summed E-state index contributed by atoms with van der Waals surface area (Å²) in [6, 6.07) is 7.15. The van der Waals surface area contributed by atoms with Gasteiger partial charge in [-0.05, 0) is 33.0 Å². The number of β-amino-alcohol motifs (C(OH)–C–C–N with tert-alkyl or cyclic N) is 1. The summed E-state index contributed by atoms with van der Waals surface area (Å²) in [5.41, 5.74) is 5.91. The average Bonchev–Trinajstić information content (AvgIpc) is 2.45. The number of ether oxygens (including phenoxy) is 1. The molecule has 1 aromatic carbocycles. The molecule has 4 N–H and O–H groups in total. The van der Waals surface area contributed by atoms with E-state index >= 15 is 0 Å². The van der Waals surface area contributed by atoms with Crippen LogP contribution in [0.2, 0.25) is 0 Å². The van der Waals surface area contributed by atoms with Crippen LogP contribution in [0.4, 0.5) is 0 Å². The van der Waals surface area contributed by atoms with Crippen LogP contribution in [0.1, 0.15) is 19.4 Å². The second-order valence-electron chi connectivity index (χ2n) is 5.71. The molecule has 0 saturated carbocycles. The largest absolute Gasteiger partial charge is 0.491 e. The molecule has 1 atom stereocenters. The van der Waals surface area contributed by atoms with Gasteiger partial charge in [0.05, 0.1) is 6.61 Å². The highest BCUT2D eigenvalue weighted by Crippen LogP contribution is 2.15. The Kier molecular flexibility index (Phi) is 6.54. The molecular formula is C15H24N2O3S. The molecule has 0 aliphatic carbocycles. The molecule has 0 saturated heterocycles. The third kappa shape index (κ3) is 5.59. The topological polar surface area (TPSA) is 79.0 Å². The molecule has 1 rings (SSSR count). The number of aliphatic hydroxyl groups excluding tert-OH is 2. The lowest BCUT2D eigenvalue weighted by Gasteiger charge is -2.35. The first-order valence-corrected chi connectivity index (χ1v) is 7.20. The summed E-state index contributed by atoms with van der Waals surface area (Å²) in [5.74, 6) is 0.614. The van der Waals surface area contributed by atoms with Crippen molar-refractivity contribution in [3.8, 4) is 5.75 Å². The third-order valence-corrected chi connectivity index (χ3v) is 3.70. The first-order chi connectivity index (χ1) is 9.76. The van der Waals surface area contributed by atoms with Crippen molar-refractivity contribution in [2.24, 2.45) is 5.73 Å².